The average Bonchev–Trinajstić information content (AvgIpc) is 2.42. The molecule has 0 aromatic heterocycles. The summed E-state index contributed by atoms with van der Waals surface area (Å²) < 4.78 is 15.9. The highest BCUT2D eigenvalue weighted by Gasteiger charge is 2.13. The summed E-state index contributed by atoms with van der Waals surface area (Å²) in [6.07, 6.45) is 2.46. The number of methoxy groups -OCH3 is 1. The maximum Gasteiger partial charge on any atom is 0.309 e. The zero-order chi connectivity index (χ0) is 15.0. The molecule has 0 aliphatic rings. The van der Waals surface area contributed by atoms with Crippen molar-refractivity contribution in [3.8, 4) is 11.5 Å². The van der Waals surface area contributed by atoms with Crippen LogP contribution in [0.5, 0.6) is 11.5 Å². The molecule has 4 heteroatoms. The largest absolute Gasteiger partial charge is 0.494 e. The number of carbonyl (C=O) groups excluding carboxylic acids is 1. The SMILES string of the molecule is C=CCc1cc(OCC)ccc1OC(C)CC(=O)OC. The topological polar surface area (TPSA) is 44.8 Å². The minimum Gasteiger partial charge on any atom is -0.494 e. The van der Waals surface area contributed by atoms with Crippen LogP contribution in [0, 0.1) is 0 Å². The molecule has 0 N–H and O–H groups in total. The molecular formula is C16H22O4. The predicted octanol–water partition coefficient (Wildman–Crippen LogP) is 3.14. The van der Waals surface area contributed by atoms with Crippen molar-refractivity contribution in [1.29, 1.82) is 0 Å². The van der Waals surface area contributed by atoms with Gasteiger partial charge in [0, 0.05) is 5.56 Å². The zero-order valence-corrected chi connectivity index (χ0v) is 12.3. The maximum absolute atomic E-state index is 11.2. The first kappa shape index (κ1) is 16.1. The van der Waals surface area contributed by atoms with Gasteiger partial charge in [0.05, 0.1) is 20.1 Å². The highest BCUT2D eigenvalue weighted by atomic mass is 16.5. The number of esters is 1. The van der Waals surface area contributed by atoms with E-state index >= 15 is 0 Å². The first-order chi connectivity index (χ1) is 9.60. The second-order valence-electron chi connectivity index (χ2n) is 4.40. The Balaban J connectivity index is 2.81. The number of rotatable bonds is 8. The van der Waals surface area contributed by atoms with Crippen LogP contribution < -0.4 is 9.47 Å². The van der Waals surface area contributed by atoms with Crippen molar-refractivity contribution < 1.29 is 19.0 Å². The van der Waals surface area contributed by atoms with Gasteiger partial charge in [-0.05, 0) is 38.5 Å². The van der Waals surface area contributed by atoms with Crippen LogP contribution in [0.4, 0.5) is 0 Å². The third-order valence-corrected chi connectivity index (χ3v) is 2.72. The van der Waals surface area contributed by atoms with Gasteiger partial charge >= 0.3 is 5.97 Å². The molecule has 1 rings (SSSR count). The number of hydrogen-bond donors (Lipinski definition) is 0. The van der Waals surface area contributed by atoms with E-state index in [9.17, 15) is 4.79 Å². The molecule has 110 valence electrons. The molecule has 0 spiro atoms. The Morgan fingerprint density at radius 1 is 1.45 bits per heavy atom. The first-order valence-corrected chi connectivity index (χ1v) is 6.70. The van der Waals surface area contributed by atoms with E-state index < -0.39 is 0 Å². The number of ether oxygens (including phenoxy) is 3. The summed E-state index contributed by atoms with van der Waals surface area (Å²) in [4.78, 5) is 11.2. The summed E-state index contributed by atoms with van der Waals surface area (Å²) in [6.45, 7) is 8.14. The summed E-state index contributed by atoms with van der Waals surface area (Å²) in [6, 6.07) is 5.65. The van der Waals surface area contributed by atoms with Gasteiger partial charge in [0.1, 0.15) is 17.6 Å². The van der Waals surface area contributed by atoms with Crippen LogP contribution in [-0.2, 0) is 16.0 Å². The van der Waals surface area contributed by atoms with Gasteiger partial charge in [0.15, 0.2) is 0 Å². The minimum atomic E-state index is -0.284. The molecule has 0 amide bonds. The Morgan fingerprint density at radius 3 is 2.80 bits per heavy atom. The Morgan fingerprint density at radius 2 is 2.20 bits per heavy atom. The molecule has 1 unspecified atom stereocenters. The molecule has 0 saturated heterocycles. The van der Waals surface area contributed by atoms with Crippen LogP contribution in [0.3, 0.4) is 0 Å². The van der Waals surface area contributed by atoms with E-state index in [2.05, 4.69) is 11.3 Å². The lowest BCUT2D eigenvalue weighted by Crippen LogP contribution is -2.18. The molecular weight excluding hydrogens is 256 g/mol. The maximum atomic E-state index is 11.2. The van der Waals surface area contributed by atoms with E-state index in [0.29, 0.717) is 13.0 Å². The van der Waals surface area contributed by atoms with Crippen molar-refractivity contribution in [2.45, 2.75) is 32.8 Å². The Labute approximate surface area is 120 Å². The zero-order valence-electron chi connectivity index (χ0n) is 12.3. The lowest BCUT2D eigenvalue weighted by molar-refractivity contribution is -0.142. The van der Waals surface area contributed by atoms with E-state index in [1.807, 2.05) is 38.1 Å². The molecule has 0 radical (unpaired) electrons. The van der Waals surface area contributed by atoms with Crippen molar-refractivity contribution in [1.82, 2.24) is 0 Å². The van der Waals surface area contributed by atoms with Gasteiger partial charge in [-0.25, -0.2) is 0 Å². The van der Waals surface area contributed by atoms with E-state index in [0.717, 1.165) is 17.1 Å². The van der Waals surface area contributed by atoms with E-state index in [1.54, 1.807) is 0 Å². The van der Waals surface area contributed by atoms with E-state index in [1.165, 1.54) is 7.11 Å². The highest BCUT2D eigenvalue weighted by molar-refractivity contribution is 5.69. The molecule has 1 aromatic carbocycles. The summed E-state index contributed by atoms with van der Waals surface area (Å²) in [7, 11) is 1.37. The van der Waals surface area contributed by atoms with Crippen molar-refractivity contribution in [2.75, 3.05) is 13.7 Å². The molecule has 0 bridgehead atoms. The van der Waals surface area contributed by atoms with Crippen LogP contribution in [0.25, 0.3) is 0 Å². The van der Waals surface area contributed by atoms with Gasteiger partial charge in [-0.1, -0.05) is 6.08 Å². The molecule has 0 aliphatic carbocycles. The van der Waals surface area contributed by atoms with Crippen LogP contribution in [-0.4, -0.2) is 25.8 Å². The van der Waals surface area contributed by atoms with Gasteiger partial charge in [0.2, 0.25) is 0 Å². The number of hydrogen-bond acceptors (Lipinski definition) is 4. The normalized spacial score (nSPS) is 11.6. The quantitative estimate of drug-likeness (QED) is 0.541. The first-order valence-electron chi connectivity index (χ1n) is 6.70. The highest BCUT2D eigenvalue weighted by Crippen LogP contribution is 2.26. The van der Waals surface area contributed by atoms with Crippen LogP contribution >= 0.6 is 0 Å². The fourth-order valence-electron chi connectivity index (χ4n) is 1.82. The fourth-order valence-corrected chi connectivity index (χ4v) is 1.82. The summed E-state index contributed by atoms with van der Waals surface area (Å²) in [5, 5.41) is 0. The van der Waals surface area contributed by atoms with E-state index in [4.69, 9.17) is 9.47 Å². The van der Waals surface area contributed by atoms with Crippen molar-refractivity contribution in [2.24, 2.45) is 0 Å². The molecule has 1 aromatic rings. The smallest absolute Gasteiger partial charge is 0.309 e. The lowest BCUT2D eigenvalue weighted by Gasteiger charge is -2.17. The third-order valence-electron chi connectivity index (χ3n) is 2.72. The van der Waals surface area contributed by atoms with Crippen molar-refractivity contribution >= 4 is 5.97 Å². The molecule has 20 heavy (non-hydrogen) atoms. The second kappa shape index (κ2) is 8.25. The standard InChI is InChI=1S/C16H22O4/c1-5-7-13-11-14(19-6-2)8-9-15(13)20-12(3)10-16(17)18-4/h5,8-9,11-12H,1,6-7,10H2,2-4H3. The Bertz CT molecular complexity index is 454. The molecule has 0 aliphatic heterocycles. The van der Waals surface area contributed by atoms with Crippen LogP contribution in [0.1, 0.15) is 25.8 Å². The fraction of sp³-hybridized carbons (Fsp3) is 0.438. The van der Waals surface area contributed by atoms with Crippen molar-refractivity contribution in [3.63, 3.8) is 0 Å². The van der Waals surface area contributed by atoms with Crippen LogP contribution in [0.15, 0.2) is 30.9 Å². The number of carbonyl (C=O) groups is 1. The van der Waals surface area contributed by atoms with Gasteiger partial charge in [0.25, 0.3) is 0 Å². The Kier molecular flexibility index (Phi) is 6.64. The molecule has 0 saturated carbocycles. The molecule has 1 atom stereocenters. The summed E-state index contributed by atoms with van der Waals surface area (Å²) >= 11 is 0. The molecule has 4 nitrogen and oxygen atoms in total. The minimum absolute atomic E-state index is 0.219. The third kappa shape index (κ3) is 4.96. The van der Waals surface area contributed by atoms with Gasteiger partial charge in [-0.2, -0.15) is 0 Å². The van der Waals surface area contributed by atoms with Crippen LogP contribution in [0.2, 0.25) is 0 Å². The number of allylic oxidation sites excluding steroid dienone is 1. The lowest BCUT2D eigenvalue weighted by atomic mass is 10.1. The van der Waals surface area contributed by atoms with Gasteiger partial charge in [-0.3, -0.25) is 4.79 Å². The molecule has 0 heterocycles. The second-order valence-corrected chi connectivity index (χ2v) is 4.40. The Hall–Kier alpha value is -1.97. The summed E-state index contributed by atoms with van der Waals surface area (Å²) in [5.74, 6) is 1.26. The predicted molar refractivity (Wildman–Crippen MR) is 78.2 cm³/mol. The van der Waals surface area contributed by atoms with Crippen molar-refractivity contribution in [3.05, 3.63) is 36.4 Å². The average molecular weight is 278 g/mol. The van der Waals surface area contributed by atoms with E-state index in [-0.39, 0.29) is 18.5 Å². The van der Waals surface area contributed by atoms with Gasteiger partial charge < -0.3 is 14.2 Å². The molecule has 0 fully saturated rings. The van der Waals surface area contributed by atoms with Gasteiger partial charge in [-0.15, -0.1) is 6.58 Å². The monoisotopic (exact) mass is 278 g/mol. The summed E-state index contributed by atoms with van der Waals surface area (Å²) in [5.41, 5.74) is 0.989. The number of benzene rings is 1.